The van der Waals surface area contributed by atoms with Gasteiger partial charge in [-0.2, -0.15) is 0 Å². The summed E-state index contributed by atoms with van der Waals surface area (Å²) in [6.45, 7) is 4.79. The Morgan fingerprint density at radius 1 is 0.947 bits per heavy atom. The lowest BCUT2D eigenvalue weighted by molar-refractivity contribution is 0.226. The van der Waals surface area contributed by atoms with Crippen LogP contribution in [-0.4, -0.2) is 12.1 Å². The van der Waals surface area contributed by atoms with E-state index in [0.717, 1.165) is 23.3 Å². The van der Waals surface area contributed by atoms with E-state index >= 15 is 0 Å². The van der Waals surface area contributed by atoms with Crippen molar-refractivity contribution in [3.05, 3.63) is 34.3 Å². The summed E-state index contributed by atoms with van der Waals surface area (Å²) in [5.41, 5.74) is 2.93. The summed E-state index contributed by atoms with van der Waals surface area (Å²) in [7, 11) is 0. The highest BCUT2D eigenvalue weighted by Gasteiger charge is 2.28. The maximum atomic E-state index is 6.08. The Morgan fingerprint density at radius 2 is 1.63 bits per heavy atom. The SMILES string of the molecule is CC1CC(C)CC(NC2Cc3ccc(Cl)cc3C2)C1. The number of nitrogens with one attached hydrogen (secondary N) is 1. The third kappa shape index (κ3) is 3.14. The van der Waals surface area contributed by atoms with Gasteiger partial charge >= 0.3 is 0 Å². The molecule has 0 spiro atoms. The molecule has 19 heavy (non-hydrogen) atoms. The van der Waals surface area contributed by atoms with Crippen LogP contribution in [0.25, 0.3) is 0 Å². The van der Waals surface area contributed by atoms with Crippen molar-refractivity contribution >= 4 is 11.6 Å². The van der Waals surface area contributed by atoms with Crippen molar-refractivity contribution < 1.29 is 0 Å². The Kier molecular flexibility index (Phi) is 3.86. The van der Waals surface area contributed by atoms with Gasteiger partial charge in [-0.25, -0.2) is 0 Å². The first-order valence-corrected chi connectivity index (χ1v) is 8.01. The molecule has 0 saturated heterocycles. The third-order valence-corrected chi connectivity index (χ3v) is 4.99. The third-order valence-electron chi connectivity index (χ3n) is 4.75. The largest absolute Gasteiger partial charge is 0.311 e. The number of benzene rings is 1. The Bertz CT molecular complexity index is 447. The van der Waals surface area contributed by atoms with Gasteiger partial charge in [0.25, 0.3) is 0 Å². The molecule has 3 rings (SSSR count). The van der Waals surface area contributed by atoms with Gasteiger partial charge in [0.05, 0.1) is 0 Å². The molecule has 1 aromatic carbocycles. The van der Waals surface area contributed by atoms with Gasteiger partial charge in [-0.3, -0.25) is 0 Å². The molecule has 3 atom stereocenters. The highest BCUT2D eigenvalue weighted by molar-refractivity contribution is 6.30. The van der Waals surface area contributed by atoms with Crippen molar-refractivity contribution in [3.8, 4) is 0 Å². The first kappa shape index (κ1) is 13.5. The summed E-state index contributed by atoms with van der Waals surface area (Å²) < 4.78 is 0. The fourth-order valence-corrected chi connectivity index (χ4v) is 4.32. The smallest absolute Gasteiger partial charge is 0.0408 e. The van der Waals surface area contributed by atoms with Crippen LogP contribution >= 0.6 is 11.6 Å². The van der Waals surface area contributed by atoms with Gasteiger partial charge < -0.3 is 5.32 Å². The second-order valence-corrected chi connectivity index (χ2v) is 7.24. The molecule has 0 radical (unpaired) electrons. The number of hydrogen-bond donors (Lipinski definition) is 1. The molecule has 0 amide bonds. The first-order valence-electron chi connectivity index (χ1n) is 7.63. The maximum absolute atomic E-state index is 6.08. The Balaban J connectivity index is 1.61. The van der Waals surface area contributed by atoms with Crippen molar-refractivity contribution in [2.24, 2.45) is 11.8 Å². The van der Waals surface area contributed by atoms with E-state index in [4.69, 9.17) is 11.6 Å². The van der Waals surface area contributed by atoms with Gasteiger partial charge in [-0.05, 0) is 67.2 Å². The molecule has 1 fully saturated rings. The molecule has 1 N–H and O–H groups in total. The highest BCUT2D eigenvalue weighted by Crippen LogP contribution is 2.31. The van der Waals surface area contributed by atoms with Gasteiger partial charge in [-0.1, -0.05) is 31.5 Å². The number of halogens is 1. The minimum atomic E-state index is 0.621. The van der Waals surface area contributed by atoms with E-state index in [2.05, 4.69) is 31.3 Å². The second-order valence-electron chi connectivity index (χ2n) is 6.80. The van der Waals surface area contributed by atoms with Crippen LogP contribution in [0.3, 0.4) is 0 Å². The van der Waals surface area contributed by atoms with E-state index < -0.39 is 0 Å². The molecule has 0 aromatic heterocycles. The summed E-state index contributed by atoms with van der Waals surface area (Å²) in [5.74, 6) is 1.75. The minimum Gasteiger partial charge on any atom is -0.311 e. The predicted molar refractivity (Wildman–Crippen MR) is 81.8 cm³/mol. The van der Waals surface area contributed by atoms with Crippen LogP contribution in [0.2, 0.25) is 5.02 Å². The Hall–Kier alpha value is -0.530. The summed E-state index contributed by atoms with van der Waals surface area (Å²) in [4.78, 5) is 0. The zero-order valence-corrected chi connectivity index (χ0v) is 12.7. The van der Waals surface area contributed by atoms with E-state index in [1.54, 1.807) is 0 Å². The molecule has 0 heterocycles. The standard InChI is InChI=1S/C17H24ClN/c1-11-5-12(2)7-16(6-11)19-17-9-13-3-4-15(18)8-14(13)10-17/h3-4,8,11-12,16-17,19H,5-7,9-10H2,1-2H3. The highest BCUT2D eigenvalue weighted by atomic mass is 35.5. The molecule has 1 saturated carbocycles. The fourth-order valence-electron chi connectivity index (χ4n) is 4.12. The molecule has 2 aliphatic rings. The van der Waals surface area contributed by atoms with Crippen molar-refractivity contribution in [1.29, 1.82) is 0 Å². The topological polar surface area (TPSA) is 12.0 Å². The van der Waals surface area contributed by atoms with Gasteiger partial charge in [0.1, 0.15) is 0 Å². The van der Waals surface area contributed by atoms with Gasteiger partial charge in [0.2, 0.25) is 0 Å². The van der Waals surface area contributed by atoms with Crippen LogP contribution < -0.4 is 5.32 Å². The average Bonchev–Trinajstić information content (AvgIpc) is 2.68. The van der Waals surface area contributed by atoms with Crippen LogP contribution in [0.5, 0.6) is 0 Å². The van der Waals surface area contributed by atoms with Crippen LogP contribution in [0, 0.1) is 11.8 Å². The van der Waals surface area contributed by atoms with Crippen LogP contribution in [0.1, 0.15) is 44.2 Å². The van der Waals surface area contributed by atoms with E-state index in [9.17, 15) is 0 Å². The van der Waals surface area contributed by atoms with E-state index in [-0.39, 0.29) is 0 Å². The van der Waals surface area contributed by atoms with Crippen LogP contribution in [-0.2, 0) is 12.8 Å². The summed E-state index contributed by atoms with van der Waals surface area (Å²) in [6.07, 6.45) is 6.41. The Morgan fingerprint density at radius 3 is 2.37 bits per heavy atom. The van der Waals surface area contributed by atoms with Crippen molar-refractivity contribution in [2.45, 2.75) is 58.0 Å². The molecule has 1 nitrogen and oxygen atoms in total. The van der Waals surface area contributed by atoms with Crippen molar-refractivity contribution in [2.75, 3.05) is 0 Å². The fraction of sp³-hybridized carbons (Fsp3) is 0.647. The second kappa shape index (κ2) is 5.46. The first-order chi connectivity index (χ1) is 9.10. The summed E-state index contributed by atoms with van der Waals surface area (Å²) in [5, 5.41) is 4.78. The van der Waals surface area contributed by atoms with Gasteiger partial charge in [0.15, 0.2) is 0 Å². The van der Waals surface area contributed by atoms with E-state index in [1.165, 1.54) is 36.8 Å². The molecule has 2 aliphatic carbocycles. The molecule has 0 aliphatic heterocycles. The lowest BCUT2D eigenvalue weighted by atomic mass is 9.80. The van der Waals surface area contributed by atoms with Crippen LogP contribution in [0.15, 0.2) is 18.2 Å². The van der Waals surface area contributed by atoms with Crippen molar-refractivity contribution in [3.63, 3.8) is 0 Å². The summed E-state index contributed by atoms with van der Waals surface area (Å²) >= 11 is 6.08. The molecular weight excluding hydrogens is 254 g/mol. The number of hydrogen-bond acceptors (Lipinski definition) is 1. The predicted octanol–water partition coefficient (Wildman–Crippen LogP) is 4.22. The molecule has 2 heteroatoms. The zero-order chi connectivity index (χ0) is 13.4. The quantitative estimate of drug-likeness (QED) is 0.853. The normalized spacial score (nSPS) is 34.3. The lowest BCUT2D eigenvalue weighted by Gasteiger charge is -2.34. The van der Waals surface area contributed by atoms with E-state index in [1.807, 2.05) is 6.07 Å². The van der Waals surface area contributed by atoms with E-state index in [0.29, 0.717) is 12.1 Å². The Labute approximate surface area is 121 Å². The average molecular weight is 278 g/mol. The molecule has 1 aromatic rings. The van der Waals surface area contributed by atoms with Crippen LogP contribution in [0.4, 0.5) is 0 Å². The number of fused-ring (bicyclic) bond motifs is 1. The summed E-state index contributed by atoms with van der Waals surface area (Å²) in [6, 6.07) is 7.70. The molecule has 0 bridgehead atoms. The number of rotatable bonds is 2. The molecule has 104 valence electrons. The van der Waals surface area contributed by atoms with Gasteiger partial charge in [0, 0.05) is 17.1 Å². The zero-order valence-electron chi connectivity index (χ0n) is 12.0. The molecule has 3 unspecified atom stereocenters. The van der Waals surface area contributed by atoms with Crippen molar-refractivity contribution in [1.82, 2.24) is 5.32 Å². The van der Waals surface area contributed by atoms with Gasteiger partial charge in [-0.15, -0.1) is 0 Å². The molecular formula is C17H24ClN. The lowest BCUT2D eigenvalue weighted by Crippen LogP contribution is -2.42. The minimum absolute atomic E-state index is 0.621. The monoisotopic (exact) mass is 277 g/mol. The maximum Gasteiger partial charge on any atom is 0.0408 e.